The van der Waals surface area contributed by atoms with Gasteiger partial charge >= 0.3 is 0 Å². The van der Waals surface area contributed by atoms with Gasteiger partial charge in [0.1, 0.15) is 0 Å². The molecule has 1 aromatic heterocycles. The Bertz CT molecular complexity index is 302. The zero-order valence-electron chi connectivity index (χ0n) is 10.2. The Morgan fingerprint density at radius 1 is 1.44 bits per heavy atom. The number of hydrogen-bond acceptors (Lipinski definition) is 3. The minimum atomic E-state index is 0.198. The van der Waals surface area contributed by atoms with Gasteiger partial charge in [0.2, 0.25) is 0 Å². The average Bonchev–Trinajstić information content (AvgIpc) is 2.89. The number of hydrogen-bond donors (Lipinski definition) is 1. The van der Waals surface area contributed by atoms with Gasteiger partial charge in [0.25, 0.3) is 0 Å². The highest BCUT2D eigenvalue weighted by Gasteiger charge is 2.29. The van der Waals surface area contributed by atoms with E-state index in [1.54, 1.807) is 0 Å². The first-order valence-electron chi connectivity index (χ1n) is 6.21. The summed E-state index contributed by atoms with van der Waals surface area (Å²) in [6.07, 6.45) is 5.44. The van der Waals surface area contributed by atoms with E-state index in [1.807, 2.05) is 11.3 Å². The molecule has 16 heavy (non-hydrogen) atoms. The van der Waals surface area contributed by atoms with E-state index >= 15 is 0 Å². The highest BCUT2D eigenvalue weighted by Crippen LogP contribution is 2.32. The van der Waals surface area contributed by atoms with Gasteiger partial charge in [-0.15, -0.1) is 11.3 Å². The third kappa shape index (κ3) is 2.47. The van der Waals surface area contributed by atoms with Crippen molar-refractivity contribution >= 4 is 11.3 Å². The molecule has 0 saturated heterocycles. The summed E-state index contributed by atoms with van der Waals surface area (Å²) in [6, 6.07) is 5.66. The van der Waals surface area contributed by atoms with Crippen LogP contribution < -0.4 is 5.73 Å². The van der Waals surface area contributed by atoms with Crippen molar-refractivity contribution in [3.05, 3.63) is 22.4 Å². The van der Waals surface area contributed by atoms with E-state index in [0.717, 1.165) is 6.04 Å². The van der Waals surface area contributed by atoms with Gasteiger partial charge in [0.15, 0.2) is 0 Å². The quantitative estimate of drug-likeness (QED) is 0.873. The van der Waals surface area contributed by atoms with Gasteiger partial charge in [-0.3, -0.25) is 4.90 Å². The van der Waals surface area contributed by atoms with Crippen LogP contribution in [0.25, 0.3) is 0 Å². The van der Waals surface area contributed by atoms with Crippen LogP contribution in [-0.2, 0) is 0 Å². The summed E-state index contributed by atoms with van der Waals surface area (Å²) in [6.45, 7) is 2.12. The molecule has 2 atom stereocenters. The second-order valence-corrected chi connectivity index (χ2v) is 5.90. The molecule has 2 nitrogen and oxygen atoms in total. The molecule has 0 spiro atoms. The lowest BCUT2D eigenvalue weighted by molar-refractivity contribution is 0.159. The summed E-state index contributed by atoms with van der Waals surface area (Å²) in [5.41, 5.74) is 6.16. The first kappa shape index (κ1) is 12.1. The maximum absolute atomic E-state index is 6.16. The zero-order chi connectivity index (χ0) is 11.5. The van der Waals surface area contributed by atoms with Gasteiger partial charge in [0, 0.05) is 17.0 Å². The van der Waals surface area contributed by atoms with Crippen molar-refractivity contribution in [2.45, 2.75) is 50.7 Å². The Kier molecular flexibility index (Phi) is 4.00. The molecule has 1 aliphatic rings. The van der Waals surface area contributed by atoms with Gasteiger partial charge in [-0.2, -0.15) is 0 Å². The summed E-state index contributed by atoms with van der Waals surface area (Å²) in [4.78, 5) is 3.91. The topological polar surface area (TPSA) is 29.3 Å². The minimum absolute atomic E-state index is 0.198. The van der Waals surface area contributed by atoms with E-state index < -0.39 is 0 Å². The van der Waals surface area contributed by atoms with Crippen LogP contribution in [0.2, 0.25) is 0 Å². The number of thiophene rings is 1. The van der Waals surface area contributed by atoms with Crippen molar-refractivity contribution in [1.82, 2.24) is 4.90 Å². The van der Waals surface area contributed by atoms with E-state index in [2.05, 4.69) is 36.4 Å². The highest BCUT2D eigenvalue weighted by molar-refractivity contribution is 7.10. The second kappa shape index (κ2) is 5.30. The molecular formula is C13H22N2S. The van der Waals surface area contributed by atoms with Gasteiger partial charge in [-0.05, 0) is 38.3 Å². The normalized spacial score (nSPS) is 21.5. The molecule has 0 aliphatic heterocycles. The Balaban J connectivity index is 2.12. The maximum atomic E-state index is 6.16. The fourth-order valence-electron chi connectivity index (χ4n) is 2.83. The maximum Gasteiger partial charge on any atom is 0.0590 e. The first-order valence-corrected chi connectivity index (χ1v) is 7.09. The molecule has 3 heteroatoms. The standard InChI is InChI=1S/C13H22N2S/c1-10(14)13(12-8-5-9-16-12)15(2)11-6-3-4-7-11/h5,8-11,13H,3-4,6-7,14H2,1-2H3. The number of nitrogens with zero attached hydrogens (tertiary/aromatic N) is 1. The van der Waals surface area contributed by atoms with E-state index in [0.29, 0.717) is 6.04 Å². The van der Waals surface area contributed by atoms with Crippen LogP contribution in [0.3, 0.4) is 0 Å². The molecule has 1 heterocycles. The van der Waals surface area contributed by atoms with Crippen molar-refractivity contribution in [1.29, 1.82) is 0 Å². The highest BCUT2D eigenvalue weighted by atomic mass is 32.1. The lowest BCUT2D eigenvalue weighted by Gasteiger charge is -2.34. The van der Waals surface area contributed by atoms with Crippen molar-refractivity contribution in [2.75, 3.05) is 7.05 Å². The number of likely N-dealkylation sites (N-methyl/N-ethyl adjacent to an activating group) is 1. The molecule has 2 rings (SSSR count). The average molecular weight is 238 g/mol. The van der Waals surface area contributed by atoms with Crippen LogP contribution in [0.15, 0.2) is 17.5 Å². The molecule has 0 amide bonds. The Morgan fingerprint density at radius 2 is 2.12 bits per heavy atom. The summed E-state index contributed by atoms with van der Waals surface area (Å²) < 4.78 is 0. The van der Waals surface area contributed by atoms with Crippen LogP contribution in [0.5, 0.6) is 0 Å². The molecular weight excluding hydrogens is 216 g/mol. The van der Waals surface area contributed by atoms with E-state index in [1.165, 1.54) is 30.6 Å². The lowest BCUT2D eigenvalue weighted by atomic mass is 10.0. The monoisotopic (exact) mass is 238 g/mol. The molecule has 2 unspecified atom stereocenters. The smallest absolute Gasteiger partial charge is 0.0590 e. The van der Waals surface area contributed by atoms with Gasteiger partial charge in [-0.1, -0.05) is 18.9 Å². The SMILES string of the molecule is CC(N)C(c1cccs1)N(C)C1CCCC1. The van der Waals surface area contributed by atoms with Crippen molar-refractivity contribution in [3.63, 3.8) is 0 Å². The Labute approximate surface area is 102 Å². The molecule has 1 aliphatic carbocycles. The third-order valence-corrected chi connectivity index (χ3v) is 4.62. The van der Waals surface area contributed by atoms with Crippen molar-refractivity contribution in [3.8, 4) is 0 Å². The van der Waals surface area contributed by atoms with Crippen LogP contribution in [0.1, 0.15) is 43.5 Å². The minimum Gasteiger partial charge on any atom is -0.326 e. The molecule has 90 valence electrons. The van der Waals surface area contributed by atoms with Gasteiger partial charge < -0.3 is 5.73 Å². The van der Waals surface area contributed by atoms with Crippen molar-refractivity contribution < 1.29 is 0 Å². The zero-order valence-corrected chi connectivity index (χ0v) is 11.0. The van der Waals surface area contributed by atoms with E-state index in [4.69, 9.17) is 5.73 Å². The number of rotatable bonds is 4. The molecule has 0 bridgehead atoms. The summed E-state index contributed by atoms with van der Waals surface area (Å²) >= 11 is 1.82. The Morgan fingerprint density at radius 3 is 2.62 bits per heavy atom. The summed E-state index contributed by atoms with van der Waals surface area (Å²) in [7, 11) is 2.24. The van der Waals surface area contributed by atoms with Gasteiger partial charge in [-0.25, -0.2) is 0 Å². The Hall–Kier alpha value is -0.380. The first-order chi connectivity index (χ1) is 7.70. The fourth-order valence-corrected chi connectivity index (χ4v) is 3.82. The van der Waals surface area contributed by atoms with Crippen molar-refractivity contribution in [2.24, 2.45) is 5.73 Å². The molecule has 0 aromatic carbocycles. The van der Waals surface area contributed by atoms with Crippen LogP contribution in [-0.4, -0.2) is 24.0 Å². The predicted octanol–water partition coefficient (Wildman–Crippen LogP) is 3.01. The number of nitrogens with two attached hydrogens (primary N) is 1. The third-order valence-electron chi connectivity index (χ3n) is 3.67. The lowest BCUT2D eigenvalue weighted by Crippen LogP contribution is -2.41. The molecule has 1 aromatic rings. The van der Waals surface area contributed by atoms with E-state index in [9.17, 15) is 0 Å². The molecule has 2 N–H and O–H groups in total. The predicted molar refractivity (Wildman–Crippen MR) is 70.7 cm³/mol. The van der Waals surface area contributed by atoms with E-state index in [-0.39, 0.29) is 6.04 Å². The molecule has 1 saturated carbocycles. The largest absolute Gasteiger partial charge is 0.326 e. The summed E-state index contributed by atoms with van der Waals surface area (Å²) in [5, 5.41) is 2.15. The summed E-state index contributed by atoms with van der Waals surface area (Å²) in [5.74, 6) is 0. The molecule has 1 fully saturated rings. The molecule has 0 radical (unpaired) electrons. The van der Waals surface area contributed by atoms with Crippen LogP contribution in [0.4, 0.5) is 0 Å². The van der Waals surface area contributed by atoms with Crippen LogP contribution in [0, 0.1) is 0 Å². The van der Waals surface area contributed by atoms with Gasteiger partial charge in [0.05, 0.1) is 6.04 Å². The fraction of sp³-hybridized carbons (Fsp3) is 0.692. The van der Waals surface area contributed by atoms with Crippen LogP contribution >= 0.6 is 11.3 Å². The second-order valence-electron chi connectivity index (χ2n) is 4.92.